The van der Waals surface area contributed by atoms with E-state index in [1.807, 2.05) is 0 Å². The molecule has 0 aromatic heterocycles. The van der Waals surface area contributed by atoms with Gasteiger partial charge in [-0.2, -0.15) is 0 Å². The van der Waals surface area contributed by atoms with Crippen molar-refractivity contribution >= 4 is 0 Å². The van der Waals surface area contributed by atoms with Crippen LogP contribution >= 0.6 is 0 Å². The van der Waals surface area contributed by atoms with E-state index >= 15 is 0 Å². The molecule has 0 aliphatic heterocycles. The summed E-state index contributed by atoms with van der Waals surface area (Å²) in [6.45, 7) is 4.25. The summed E-state index contributed by atoms with van der Waals surface area (Å²) in [6.07, 6.45) is 2.20. The Kier molecular flexibility index (Phi) is 4.76. The quantitative estimate of drug-likeness (QED) is 0.791. The maximum Gasteiger partial charge on any atom is 0.123 e. The second-order valence-electron chi connectivity index (χ2n) is 4.23. The Morgan fingerprint density at radius 3 is 2.40 bits per heavy atom. The van der Waals surface area contributed by atoms with Crippen LogP contribution in [0.2, 0.25) is 0 Å². The van der Waals surface area contributed by atoms with E-state index in [0.29, 0.717) is 12.3 Å². The highest BCUT2D eigenvalue weighted by molar-refractivity contribution is 5.16. The molecule has 2 unspecified atom stereocenters. The van der Waals surface area contributed by atoms with Crippen LogP contribution in [0.5, 0.6) is 0 Å². The molecule has 1 N–H and O–H groups in total. The number of aliphatic hydroxyl groups excluding tert-OH is 1. The van der Waals surface area contributed by atoms with Crippen LogP contribution in [0.25, 0.3) is 0 Å². The van der Waals surface area contributed by atoms with E-state index in [-0.39, 0.29) is 11.9 Å². The fourth-order valence-corrected chi connectivity index (χ4v) is 1.61. The summed E-state index contributed by atoms with van der Waals surface area (Å²) in [7, 11) is 0. The van der Waals surface area contributed by atoms with Gasteiger partial charge in [0.2, 0.25) is 0 Å². The number of aliphatic hydroxyl groups is 1. The minimum absolute atomic E-state index is 0.227. The summed E-state index contributed by atoms with van der Waals surface area (Å²) in [6, 6.07) is 6.33. The van der Waals surface area contributed by atoms with E-state index in [1.54, 1.807) is 12.1 Å². The highest BCUT2D eigenvalue weighted by atomic mass is 19.1. The third-order valence-corrected chi connectivity index (χ3v) is 2.76. The number of rotatable bonds is 5. The molecule has 0 spiro atoms. The lowest BCUT2D eigenvalue weighted by Crippen LogP contribution is -2.14. The first-order valence-electron chi connectivity index (χ1n) is 5.54. The Morgan fingerprint density at radius 2 is 1.87 bits per heavy atom. The molecule has 0 heterocycles. The minimum atomic E-state index is -0.314. The minimum Gasteiger partial charge on any atom is -0.393 e. The van der Waals surface area contributed by atoms with Crippen LogP contribution < -0.4 is 0 Å². The van der Waals surface area contributed by atoms with Gasteiger partial charge in [-0.25, -0.2) is 4.39 Å². The van der Waals surface area contributed by atoms with Crippen LogP contribution in [0.15, 0.2) is 24.3 Å². The second kappa shape index (κ2) is 5.86. The zero-order valence-corrected chi connectivity index (χ0v) is 9.41. The van der Waals surface area contributed by atoms with Crippen molar-refractivity contribution in [1.82, 2.24) is 0 Å². The molecule has 0 saturated heterocycles. The molecule has 2 atom stereocenters. The molecule has 1 aromatic carbocycles. The molecule has 0 aliphatic carbocycles. The van der Waals surface area contributed by atoms with Gasteiger partial charge in [0.05, 0.1) is 6.10 Å². The first-order valence-corrected chi connectivity index (χ1v) is 5.54. The van der Waals surface area contributed by atoms with Gasteiger partial charge in [-0.3, -0.25) is 0 Å². The van der Waals surface area contributed by atoms with Crippen LogP contribution in [-0.4, -0.2) is 11.2 Å². The van der Waals surface area contributed by atoms with E-state index in [4.69, 9.17) is 0 Å². The van der Waals surface area contributed by atoms with Gasteiger partial charge in [0.25, 0.3) is 0 Å². The Balaban J connectivity index is 2.44. The van der Waals surface area contributed by atoms with Crippen molar-refractivity contribution in [3.63, 3.8) is 0 Å². The lowest BCUT2D eigenvalue weighted by molar-refractivity contribution is 0.144. The zero-order chi connectivity index (χ0) is 11.3. The van der Waals surface area contributed by atoms with Gasteiger partial charge in [-0.15, -0.1) is 0 Å². The predicted molar refractivity (Wildman–Crippen MR) is 60.2 cm³/mol. The van der Waals surface area contributed by atoms with Crippen LogP contribution in [0.3, 0.4) is 0 Å². The number of benzene rings is 1. The molecule has 84 valence electrons. The summed E-state index contributed by atoms with van der Waals surface area (Å²) in [5.41, 5.74) is 0.993. The Bertz CT molecular complexity index is 281. The average molecular weight is 210 g/mol. The smallest absolute Gasteiger partial charge is 0.123 e. The fraction of sp³-hybridized carbons (Fsp3) is 0.538. The first kappa shape index (κ1) is 12.2. The molecule has 0 bridgehead atoms. The first-order chi connectivity index (χ1) is 7.11. The molecule has 1 nitrogen and oxygen atoms in total. The maximum absolute atomic E-state index is 12.6. The number of hydrogen-bond donors (Lipinski definition) is 1. The zero-order valence-electron chi connectivity index (χ0n) is 9.41. The van der Waals surface area contributed by atoms with E-state index in [0.717, 1.165) is 18.4 Å². The van der Waals surface area contributed by atoms with Crippen molar-refractivity contribution in [1.29, 1.82) is 0 Å². The van der Waals surface area contributed by atoms with Gasteiger partial charge in [-0.1, -0.05) is 32.4 Å². The van der Waals surface area contributed by atoms with E-state index in [9.17, 15) is 9.50 Å². The molecular formula is C13H19FO. The molecule has 0 amide bonds. The standard InChI is InChI=1S/C13H19FO/c1-3-10(2)8-13(15)9-11-4-6-12(14)7-5-11/h4-7,10,13,15H,3,8-9H2,1-2H3. The average Bonchev–Trinajstić information content (AvgIpc) is 2.21. The van der Waals surface area contributed by atoms with Gasteiger partial charge in [-0.05, 0) is 36.5 Å². The van der Waals surface area contributed by atoms with Crippen LogP contribution in [0.4, 0.5) is 4.39 Å². The molecule has 0 fully saturated rings. The summed E-state index contributed by atoms with van der Waals surface area (Å²) in [5.74, 6) is 0.315. The second-order valence-corrected chi connectivity index (χ2v) is 4.23. The fourth-order valence-electron chi connectivity index (χ4n) is 1.61. The SMILES string of the molecule is CCC(C)CC(O)Cc1ccc(F)cc1. The molecular weight excluding hydrogens is 191 g/mol. The Morgan fingerprint density at radius 1 is 1.27 bits per heavy atom. The van der Waals surface area contributed by atoms with Crippen molar-refractivity contribution < 1.29 is 9.50 Å². The van der Waals surface area contributed by atoms with Crippen molar-refractivity contribution in [2.24, 2.45) is 5.92 Å². The van der Waals surface area contributed by atoms with Gasteiger partial charge < -0.3 is 5.11 Å². The monoisotopic (exact) mass is 210 g/mol. The number of hydrogen-bond acceptors (Lipinski definition) is 1. The van der Waals surface area contributed by atoms with Gasteiger partial charge >= 0.3 is 0 Å². The lowest BCUT2D eigenvalue weighted by Gasteiger charge is -2.14. The molecule has 0 radical (unpaired) electrons. The largest absolute Gasteiger partial charge is 0.393 e. The summed E-state index contributed by atoms with van der Waals surface area (Å²) < 4.78 is 12.6. The third-order valence-electron chi connectivity index (χ3n) is 2.76. The summed E-state index contributed by atoms with van der Waals surface area (Å²) in [5, 5.41) is 9.78. The van der Waals surface area contributed by atoms with Crippen molar-refractivity contribution in [3.8, 4) is 0 Å². The Hall–Kier alpha value is -0.890. The summed E-state index contributed by atoms with van der Waals surface area (Å²) >= 11 is 0. The normalized spacial score (nSPS) is 14.9. The summed E-state index contributed by atoms with van der Waals surface area (Å²) in [4.78, 5) is 0. The van der Waals surface area contributed by atoms with Crippen molar-refractivity contribution in [2.75, 3.05) is 0 Å². The van der Waals surface area contributed by atoms with Crippen LogP contribution in [0, 0.1) is 11.7 Å². The van der Waals surface area contributed by atoms with E-state index in [2.05, 4.69) is 13.8 Å². The topological polar surface area (TPSA) is 20.2 Å². The molecule has 1 rings (SSSR count). The van der Waals surface area contributed by atoms with Gasteiger partial charge in [0, 0.05) is 0 Å². The van der Waals surface area contributed by atoms with Crippen LogP contribution in [0.1, 0.15) is 32.3 Å². The van der Waals surface area contributed by atoms with E-state index < -0.39 is 0 Å². The van der Waals surface area contributed by atoms with E-state index in [1.165, 1.54) is 12.1 Å². The Labute approximate surface area is 90.9 Å². The lowest BCUT2D eigenvalue weighted by atomic mass is 9.97. The van der Waals surface area contributed by atoms with Crippen molar-refractivity contribution in [2.45, 2.75) is 39.2 Å². The van der Waals surface area contributed by atoms with Gasteiger partial charge in [0.1, 0.15) is 5.82 Å². The van der Waals surface area contributed by atoms with Crippen molar-refractivity contribution in [3.05, 3.63) is 35.6 Å². The molecule has 2 heteroatoms. The highest BCUT2D eigenvalue weighted by Crippen LogP contribution is 2.14. The highest BCUT2D eigenvalue weighted by Gasteiger charge is 2.09. The molecule has 0 aliphatic rings. The molecule has 15 heavy (non-hydrogen) atoms. The predicted octanol–water partition coefficient (Wildman–Crippen LogP) is 3.17. The van der Waals surface area contributed by atoms with Gasteiger partial charge in [0.15, 0.2) is 0 Å². The van der Waals surface area contributed by atoms with Crippen LogP contribution in [-0.2, 0) is 6.42 Å². The molecule has 0 saturated carbocycles. The molecule has 1 aromatic rings. The third kappa shape index (κ3) is 4.43. The maximum atomic E-state index is 12.6. The number of halogens is 1.